The second kappa shape index (κ2) is 6.00. The van der Waals surface area contributed by atoms with Crippen molar-refractivity contribution in [2.45, 2.75) is 6.92 Å². The van der Waals surface area contributed by atoms with Crippen molar-refractivity contribution in [3.63, 3.8) is 0 Å². The van der Waals surface area contributed by atoms with Gasteiger partial charge in [0.2, 0.25) is 0 Å². The Morgan fingerprint density at radius 2 is 2.11 bits per heavy atom. The summed E-state index contributed by atoms with van der Waals surface area (Å²) in [4.78, 5) is 23.8. The number of halogens is 1. The van der Waals surface area contributed by atoms with Gasteiger partial charge in [0, 0.05) is 13.6 Å². The van der Waals surface area contributed by atoms with Crippen molar-refractivity contribution in [1.82, 2.24) is 4.90 Å². The van der Waals surface area contributed by atoms with Crippen molar-refractivity contribution in [2.75, 3.05) is 20.2 Å². The van der Waals surface area contributed by atoms with Gasteiger partial charge in [0.15, 0.2) is 6.61 Å². The standard InChI is InChI=1S/C12H14FNO4/c1-3-14(2)11(15)7-18-10-5-4-8(13)6-9(10)12(16)17/h4-6H,3,7H2,1-2H3,(H,16,17). The summed E-state index contributed by atoms with van der Waals surface area (Å²) < 4.78 is 18.0. The molecule has 6 heteroatoms. The minimum absolute atomic E-state index is 0.0262. The van der Waals surface area contributed by atoms with Crippen LogP contribution in [0.1, 0.15) is 17.3 Å². The Labute approximate surface area is 104 Å². The molecule has 0 aliphatic carbocycles. The van der Waals surface area contributed by atoms with Gasteiger partial charge in [-0.15, -0.1) is 0 Å². The Bertz CT molecular complexity index is 461. The number of hydrogen-bond donors (Lipinski definition) is 1. The zero-order valence-corrected chi connectivity index (χ0v) is 10.1. The topological polar surface area (TPSA) is 66.8 Å². The number of hydrogen-bond acceptors (Lipinski definition) is 3. The number of aromatic carboxylic acids is 1. The van der Waals surface area contributed by atoms with E-state index in [0.717, 1.165) is 12.1 Å². The molecule has 1 amide bonds. The molecule has 0 unspecified atom stereocenters. The van der Waals surface area contributed by atoms with Gasteiger partial charge in [0.25, 0.3) is 5.91 Å². The largest absolute Gasteiger partial charge is 0.483 e. The molecule has 5 nitrogen and oxygen atoms in total. The van der Waals surface area contributed by atoms with Gasteiger partial charge >= 0.3 is 5.97 Å². The molecule has 0 radical (unpaired) electrons. The first-order valence-electron chi connectivity index (χ1n) is 5.35. The maximum atomic E-state index is 12.9. The number of carboxylic acids is 1. The zero-order chi connectivity index (χ0) is 13.7. The van der Waals surface area contributed by atoms with Crippen LogP contribution in [0.15, 0.2) is 18.2 Å². The second-order valence-electron chi connectivity index (χ2n) is 3.64. The maximum Gasteiger partial charge on any atom is 0.339 e. The molecule has 0 fully saturated rings. The van der Waals surface area contributed by atoms with Crippen LogP contribution in [0.3, 0.4) is 0 Å². The highest BCUT2D eigenvalue weighted by Crippen LogP contribution is 2.19. The summed E-state index contributed by atoms with van der Waals surface area (Å²) in [5, 5.41) is 8.87. The van der Waals surface area contributed by atoms with Crippen molar-refractivity contribution in [3.8, 4) is 5.75 Å². The molecule has 0 spiro atoms. The lowest BCUT2D eigenvalue weighted by molar-refractivity contribution is -0.131. The molecule has 0 saturated carbocycles. The molecule has 0 atom stereocenters. The molecule has 0 bridgehead atoms. The van der Waals surface area contributed by atoms with Crippen LogP contribution in [0.5, 0.6) is 5.75 Å². The SMILES string of the molecule is CCN(C)C(=O)COc1ccc(F)cc1C(=O)O. The van der Waals surface area contributed by atoms with Gasteiger partial charge in [-0.25, -0.2) is 9.18 Å². The third kappa shape index (κ3) is 3.44. The molecule has 0 saturated heterocycles. The number of carbonyl (C=O) groups is 2. The number of nitrogens with zero attached hydrogens (tertiary/aromatic N) is 1. The molecule has 1 rings (SSSR count). The first-order chi connectivity index (χ1) is 8.45. The molecular weight excluding hydrogens is 241 g/mol. The van der Waals surface area contributed by atoms with Gasteiger partial charge in [-0.05, 0) is 25.1 Å². The molecule has 98 valence electrons. The van der Waals surface area contributed by atoms with E-state index in [1.165, 1.54) is 11.0 Å². The Balaban J connectivity index is 2.79. The fraction of sp³-hybridized carbons (Fsp3) is 0.333. The minimum atomic E-state index is -1.30. The van der Waals surface area contributed by atoms with Crippen LogP contribution in [0.2, 0.25) is 0 Å². The number of carbonyl (C=O) groups excluding carboxylic acids is 1. The fourth-order valence-corrected chi connectivity index (χ4v) is 1.22. The van der Waals surface area contributed by atoms with Gasteiger partial charge in [0.1, 0.15) is 17.1 Å². The Morgan fingerprint density at radius 1 is 1.44 bits per heavy atom. The maximum absolute atomic E-state index is 12.9. The van der Waals surface area contributed by atoms with Gasteiger partial charge in [-0.2, -0.15) is 0 Å². The quantitative estimate of drug-likeness (QED) is 0.863. The number of rotatable bonds is 5. The van der Waals surface area contributed by atoms with Crippen LogP contribution in [-0.4, -0.2) is 42.1 Å². The van der Waals surface area contributed by atoms with Crippen LogP contribution in [0.4, 0.5) is 4.39 Å². The van der Waals surface area contributed by atoms with Crippen LogP contribution < -0.4 is 4.74 Å². The summed E-state index contributed by atoms with van der Waals surface area (Å²) in [6, 6.07) is 3.12. The first-order valence-corrected chi connectivity index (χ1v) is 5.35. The van der Waals surface area contributed by atoms with Crippen molar-refractivity contribution in [3.05, 3.63) is 29.6 Å². The second-order valence-corrected chi connectivity index (χ2v) is 3.64. The van der Waals surface area contributed by atoms with Crippen molar-refractivity contribution in [2.24, 2.45) is 0 Å². The predicted molar refractivity (Wildman–Crippen MR) is 62.2 cm³/mol. The van der Waals surface area contributed by atoms with Crippen molar-refractivity contribution in [1.29, 1.82) is 0 Å². The number of ether oxygens (including phenoxy) is 1. The Hall–Kier alpha value is -2.11. The molecule has 0 aromatic heterocycles. The first kappa shape index (κ1) is 14.0. The highest BCUT2D eigenvalue weighted by atomic mass is 19.1. The van der Waals surface area contributed by atoms with E-state index in [2.05, 4.69) is 0 Å². The molecule has 18 heavy (non-hydrogen) atoms. The van der Waals surface area contributed by atoms with Crippen LogP contribution in [-0.2, 0) is 4.79 Å². The van der Waals surface area contributed by atoms with Crippen LogP contribution >= 0.6 is 0 Å². The monoisotopic (exact) mass is 255 g/mol. The van der Waals surface area contributed by atoms with E-state index in [-0.39, 0.29) is 23.8 Å². The predicted octanol–water partition coefficient (Wildman–Crippen LogP) is 1.38. The summed E-state index contributed by atoms with van der Waals surface area (Å²) in [6.45, 7) is 2.05. The summed E-state index contributed by atoms with van der Waals surface area (Å²) >= 11 is 0. The van der Waals surface area contributed by atoms with E-state index >= 15 is 0 Å². The normalized spacial score (nSPS) is 9.94. The lowest BCUT2D eigenvalue weighted by atomic mass is 10.2. The van der Waals surface area contributed by atoms with Crippen molar-refractivity contribution < 1.29 is 23.8 Å². The smallest absolute Gasteiger partial charge is 0.339 e. The average molecular weight is 255 g/mol. The molecule has 1 aromatic rings. The van der Waals surface area contributed by atoms with E-state index < -0.39 is 11.8 Å². The van der Waals surface area contributed by atoms with Crippen LogP contribution in [0, 0.1) is 5.82 Å². The summed E-state index contributed by atoms with van der Waals surface area (Å²) in [5.74, 6) is -2.28. The number of likely N-dealkylation sites (N-methyl/N-ethyl adjacent to an activating group) is 1. The third-order valence-electron chi connectivity index (χ3n) is 2.42. The molecule has 0 heterocycles. The molecule has 1 N–H and O–H groups in total. The van der Waals surface area contributed by atoms with Crippen LogP contribution in [0.25, 0.3) is 0 Å². The zero-order valence-electron chi connectivity index (χ0n) is 10.1. The van der Waals surface area contributed by atoms with E-state index in [1.54, 1.807) is 14.0 Å². The highest BCUT2D eigenvalue weighted by Gasteiger charge is 2.14. The minimum Gasteiger partial charge on any atom is -0.483 e. The van der Waals surface area contributed by atoms with E-state index in [9.17, 15) is 14.0 Å². The summed E-state index contributed by atoms with van der Waals surface area (Å²) in [5.41, 5.74) is -0.304. The molecule has 0 aliphatic heterocycles. The average Bonchev–Trinajstić information content (AvgIpc) is 2.35. The van der Waals surface area contributed by atoms with Gasteiger partial charge in [-0.1, -0.05) is 0 Å². The summed E-state index contributed by atoms with van der Waals surface area (Å²) in [6.07, 6.45) is 0. The van der Waals surface area contributed by atoms with E-state index in [0.29, 0.717) is 6.54 Å². The third-order valence-corrected chi connectivity index (χ3v) is 2.42. The highest BCUT2D eigenvalue weighted by molar-refractivity contribution is 5.91. The lowest BCUT2D eigenvalue weighted by Crippen LogP contribution is -2.31. The van der Waals surface area contributed by atoms with Crippen molar-refractivity contribution >= 4 is 11.9 Å². The number of amides is 1. The fourth-order valence-electron chi connectivity index (χ4n) is 1.22. The Morgan fingerprint density at radius 3 is 2.67 bits per heavy atom. The molecule has 1 aromatic carbocycles. The molecule has 0 aliphatic rings. The number of carboxylic acid groups (broad SMARTS) is 1. The Kier molecular flexibility index (Phi) is 4.65. The van der Waals surface area contributed by atoms with E-state index in [1.807, 2.05) is 0 Å². The molecular formula is C12H14FNO4. The van der Waals surface area contributed by atoms with E-state index in [4.69, 9.17) is 9.84 Å². The van der Waals surface area contributed by atoms with Gasteiger partial charge in [-0.3, -0.25) is 4.79 Å². The van der Waals surface area contributed by atoms with Gasteiger partial charge in [0.05, 0.1) is 0 Å². The van der Waals surface area contributed by atoms with Gasteiger partial charge < -0.3 is 14.7 Å². The number of benzene rings is 1. The summed E-state index contributed by atoms with van der Waals surface area (Å²) in [7, 11) is 1.61. The lowest BCUT2D eigenvalue weighted by Gasteiger charge is -2.15.